The molecular formula is C18H28N4S. The monoisotopic (exact) mass is 332 g/mol. The maximum Gasteiger partial charge on any atom is 0.138 e. The molecule has 1 N–H and O–H groups in total. The second-order valence-electron chi connectivity index (χ2n) is 6.56. The zero-order valence-electron chi connectivity index (χ0n) is 14.6. The lowest BCUT2D eigenvalue weighted by atomic mass is 9.89. The van der Waals surface area contributed by atoms with E-state index >= 15 is 0 Å². The summed E-state index contributed by atoms with van der Waals surface area (Å²) in [6.07, 6.45) is 6.53. The highest BCUT2D eigenvalue weighted by Crippen LogP contribution is 2.39. The largest absolute Gasteiger partial charge is 0.369 e. The molecule has 4 nitrogen and oxygen atoms in total. The van der Waals surface area contributed by atoms with Crippen molar-refractivity contribution in [3.05, 3.63) is 16.8 Å². The Morgan fingerprint density at radius 3 is 2.91 bits per heavy atom. The van der Waals surface area contributed by atoms with Crippen LogP contribution >= 0.6 is 11.3 Å². The fourth-order valence-corrected chi connectivity index (χ4v) is 4.81. The molecule has 1 aliphatic rings. The van der Waals surface area contributed by atoms with Crippen LogP contribution in [0.25, 0.3) is 10.2 Å². The summed E-state index contributed by atoms with van der Waals surface area (Å²) in [5.41, 5.74) is 1.51. The summed E-state index contributed by atoms with van der Waals surface area (Å²) in [4.78, 5) is 14.2. The number of aryl methyl sites for hydroxylation is 1. The van der Waals surface area contributed by atoms with Crippen molar-refractivity contribution < 1.29 is 0 Å². The van der Waals surface area contributed by atoms with E-state index in [1.165, 1.54) is 35.1 Å². The molecule has 0 fully saturated rings. The Morgan fingerprint density at radius 1 is 1.30 bits per heavy atom. The molecule has 1 aliphatic carbocycles. The smallest absolute Gasteiger partial charge is 0.138 e. The lowest BCUT2D eigenvalue weighted by molar-refractivity contribution is 0.303. The Kier molecular flexibility index (Phi) is 5.49. The SMILES string of the molecule is CCN(CC)CCCNc1ncnc2sc3c(c12)CCC(C)C3. The first-order valence-electron chi connectivity index (χ1n) is 8.94. The van der Waals surface area contributed by atoms with Crippen LogP contribution in [0.15, 0.2) is 6.33 Å². The van der Waals surface area contributed by atoms with Gasteiger partial charge in [0.25, 0.3) is 0 Å². The summed E-state index contributed by atoms with van der Waals surface area (Å²) in [6, 6.07) is 0. The van der Waals surface area contributed by atoms with Crippen LogP contribution in [0.4, 0.5) is 5.82 Å². The quantitative estimate of drug-likeness (QED) is 0.779. The van der Waals surface area contributed by atoms with Gasteiger partial charge in [0.1, 0.15) is 17.0 Å². The Hall–Kier alpha value is -1.20. The van der Waals surface area contributed by atoms with Crippen molar-refractivity contribution in [2.75, 3.05) is 31.5 Å². The van der Waals surface area contributed by atoms with E-state index in [0.29, 0.717) is 0 Å². The van der Waals surface area contributed by atoms with Gasteiger partial charge in [0.2, 0.25) is 0 Å². The van der Waals surface area contributed by atoms with Crippen LogP contribution in [0.2, 0.25) is 0 Å². The molecule has 0 saturated heterocycles. The summed E-state index contributed by atoms with van der Waals surface area (Å²) >= 11 is 1.87. The summed E-state index contributed by atoms with van der Waals surface area (Å²) in [6.45, 7) is 11.2. The topological polar surface area (TPSA) is 41.0 Å². The maximum atomic E-state index is 4.53. The fourth-order valence-electron chi connectivity index (χ4n) is 3.46. The average Bonchev–Trinajstić information content (AvgIpc) is 2.93. The van der Waals surface area contributed by atoms with Crippen LogP contribution in [0, 0.1) is 5.92 Å². The van der Waals surface area contributed by atoms with Gasteiger partial charge in [0, 0.05) is 11.4 Å². The molecule has 0 saturated carbocycles. The third-order valence-electron chi connectivity index (χ3n) is 4.93. The van der Waals surface area contributed by atoms with Crippen LogP contribution in [0.5, 0.6) is 0 Å². The number of anilines is 1. The van der Waals surface area contributed by atoms with Crippen molar-refractivity contribution in [2.24, 2.45) is 5.92 Å². The predicted octanol–water partition coefficient (Wildman–Crippen LogP) is 3.96. The Labute approximate surface area is 143 Å². The first-order valence-corrected chi connectivity index (χ1v) is 9.76. The number of hydrogen-bond donors (Lipinski definition) is 1. The lowest BCUT2D eigenvalue weighted by Gasteiger charge is -2.19. The van der Waals surface area contributed by atoms with Crippen LogP contribution < -0.4 is 5.32 Å². The van der Waals surface area contributed by atoms with Crippen molar-refractivity contribution in [2.45, 2.75) is 46.5 Å². The zero-order chi connectivity index (χ0) is 16.2. The normalized spacial score (nSPS) is 17.7. The summed E-state index contributed by atoms with van der Waals surface area (Å²) in [5, 5.41) is 4.86. The molecule has 126 valence electrons. The van der Waals surface area contributed by atoms with E-state index in [4.69, 9.17) is 0 Å². The van der Waals surface area contributed by atoms with Crippen molar-refractivity contribution >= 4 is 27.4 Å². The van der Waals surface area contributed by atoms with E-state index in [2.05, 4.69) is 41.0 Å². The van der Waals surface area contributed by atoms with Crippen LogP contribution in [0.3, 0.4) is 0 Å². The second-order valence-corrected chi connectivity index (χ2v) is 7.65. The Bertz CT molecular complexity index is 648. The van der Waals surface area contributed by atoms with Gasteiger partial charge in [-0.05, 0) is 56.8 Å². The standard InChI is InChI=1S/C18H28N4S/c1-4-22(5-2)10-6-9-19-17-16-14-8-7-13(3)11-15(14)23-18(16)21-12-20-17/h12-13H,4-11H2,1-3H3,(H,19,20,21). The number of hydrogen-bond acceptors (Lipinski definition) is 5. The molecular weight excluding hydrogens is 304 g/mol. The molecule has 0 amide bonds. The summed E-state index contributed by atoms with van der Waals surface area (Å²) < 4.78 is 0. The molecule has 1 unspecified atom stereocenters. The lowest BCUT2D eigenvalue weighted by Crippen LogP contribution is -2.25. The fraction of sp³-hybridized carbons (Fsp3) is 0.667. The van der Waals surface area contributed by atoms with Gasteiger partial charge in [-0.3, -0.25) is 0 Å². The highest BCUT2D eigenvalue weighted by atomic mass is 32.1. The number of fused-ring (bicyclic) bond motifs is 3. The number of thiophene rings is 1. The van der Waals surface area contributed by atoms with E-state index < -0.39 is 0 Å². The molecule has 0 spiro atoms. The highest BCUT2D eigenvalue weighted by molar-refractivity contribution is 7.19. The first kappa shape index (κ1) is 16.7. The van der Waals surface area contributed by atoms with Gasteiger partial charge >= 0.3 is 0 Å². The van der Waals surface area contributed by atoms with Gasteiger partial charge in [-0.1, -0.05) is 20.8 Å². The van der Waals surface area contributed by atoms with Crippen molar-refractivity contribution in [3.63, 3.8) is 0 Å². The molecule has 0 aliphatic heterocycles. The molecule has 2 aromatic heterocycles. The third-order valence-corrected chi connectivity index (χ3v) is 6.09. The highest BCUT2D eigenvalue weighted by Gasteiger charge is 2.22. The Morgan fingerprint density at radius 2 is 2.13 bits per heavy atom. The molecule has 1 atom stereocenters. The molecule has 2 heterocycles. The predicted molar refractivity (Wildman–Crippen MR) is 99.5 cm³/mol. The maximum absolute atomic E-state index is 4.53. The molecule has 3 rings (SSSR count). The molecule has 2 aromatic rings. The van der Waals surface area contributed by atoms with Crippen molar-refractivity contribution in [1.82, 2.24) is 14.9 Å². The first-order chi connectivity index (χ1) is 11.2. The zero-order valence-corrected chi connectivity index (χ0v) is 15.4. The van der Waals surface area contributed by atoms with Gasteiger partial charge in [0.15, 0.2) is 0 Å². The molecule has 23 heavy (non-hydrogen) atoms. The number of nitrogens with one attached hydrogen (secondary N) is 1. The minimum absolute atomic E-state index is 0.800. The molecule has 0 radical (unpaired) electrons. The summed E-state index contributed by atoms with van der Waals surface area (Å²) in [5.74, 6) is 1.84. The van der Waals surface area contributed by atoms with E-state index in [9.17, 15) is 0 Å². The van der Waals surface area contributed by atoms with Crippen LogP contribution in [0.1, 0.15) is 44.1 Å². The van der Waals surface area contributed by atoms with Crippen molar-refractivity contribution in [3.8, 4) is 0 Å². The number of rotatable bonds is 7. The molecule has 5 heteroatoms. The van der Waals surface area contributed by atoms with Crippen LogP contribution in [-0.2, 0) is 12.8 Å². The molecule has 0 aromatic carbocycles. The number of nitrogens with zero attached hydrogens (tertiary/aromatic N) is 3. The van der Waals surface area contributed by atoms with Gasteiger partial charge < -0.3 is 10.2 Å². The third kappa shape index (κ3) is 3.66. The van der Waals surface area contributed by atoms with E-state index in [-0.39, 0.29) is 0 Å². The molecule has 0 bridgehead atoms. The van der Waals surface area contributed by atoms with E-state index in [1.54, 1.807) is 6.33 Å². The van der Waals surface area contributed by atoms with E-state index in [1.807, 2.05) is 11.3 Å². The Balaban J connectivity index is 1.71. The summed E-state index contributed by atoms with van der Waals surface area (Å²) in [7, 11) is 0. The van der Waals surface area contributed by atoms with Crippen molar-refractivity contribution in [1.29, 1.82) is 0 Å². The average molecular weight is 333 g/mol. The van der Waals surface area contributed by atoms with Gasteiger partial charge in [-0.25, -0.2) is 9.97 Å². The minimum Gasteiger partial charge on any atom is -0.369 e. The second kappa shape index (κ2) is 7.58. The minimum atomic E-state index is 0.800. The van der Waals surface area contributed by atoms with Gasteiger partial charge in [-0.2, -0.15) is 0 Å². The van der Waals surface area contributed by atoms with E-state index in [0.717, 1.165) is 49.2 Å². The van der Waals surface area contributed by atoms with Gasteiger partial charge in [-0.15, -0.1) is 11.3 Å². The van der Waals surface area contributed by atoms with Crippen LogP contribution in [-0.4, -0.2) is 41.0 Å². The number of aromatic nitrogens is 2. The van der Waals surface area contributed by atoms with Gasteiger partial charge in [0.05, 0.1) is 5.39 Å².